The van der Waals surface area contributed by atoms with E-state index in [4.69, 9.17) is 10.6 Å². The molecule has 1 rings (SSSR count). The number of nitrogens with one attached hydrogen (secondary N) is 1. The summed E-state index contributed by atoms with van der Waals surface area (Å²) >= 11 is 0. The van der Waals surface area contributed by atoms with Gasteiger partial charge in [0.25, 0.3) is 0 Å². The molecule has 0 aromatic carbocycles. The van der Waals surface area contributed by atoms with Gasteiger partial charge in [-0.25, -0.2) is 0 Å². The Kier molecular flexibility index (Phi) is 2.45. The van der Waals surface area contributed by atoms with Crippen LogP contribution in [-0.4, -0.2) is 19.3 Å². The summed E-state index contributed by atoms with van der Waals surface area (Å²) in [6.45, 7) is 3.84. The quantitative estimate of drug-likeness (QED) is 0.384. The zero-order valence-electron chi connectivity index (χ0n) is 5.76. The monoisotopic (exact) mass is 130 g/mol. The minimum atomic E-state index is 0.360. The van der Waals surface area contributed by atoms with Crippen LogP contribution in [0.4, 0.5) is 0 Å². The lowest BCUT2D eigenvalue weighted by Crippen LogP contribution is -2.46. The molecule has 0 aliphatic carbocycles. The highest BCUT2D eigenvalue weighted by molar-refractivity contribution is 4.73. The van der Waals surface area contributed by atoms with Crippen molar-refractivity contribution in [3.8, 4) is 0 Å². The van der Waals surface area contributed by atoms with Gasteiger partial charge >= 0.3 is 0 Å². The highest BCUT2D eigenvalue weighted by Gasteiger charge is 2.19. The summed E-state index contributed by atoms with van der Waals surface area (Å²) in [5, 5.41) is 0. The molecule has 1 aliphatic heterocycles. The molecule has 0 aromatic rings. The molecular weight excluding hydrogens is 116 g/mol. The van der Waals surface area contributed by atoms with Crippen LogP contribution in [0.2, 0.25) is 0 Å². The molecule has 54 valence electrons. The predicted molar refractivity (Wildman–Crippen MR) is 35.7 cm³/mol. The molecule has 1 heterocycles. The molecule has 0 bridgehead atoms. The normalized spacial score (nSPS) is 36.7. The van der Waals surface area contributed by atoms with Crippen molar-refractivity contribution >= 4 is 0 Å². The van der Waals surface area contributed by atoms with E-state index < -0.39 is 0 Å². The first kappa shape index (κ1) is 6.99. The molecule has 1 aliphatic rings. The van der Waals surface area contributed by atoms with Crippen LogP contribution in [-0.2, 0) is 4.74 Å². The average Bonchev–Trinajstić information content (AvgIpc) is 1.89. The molecule has 3 N–H and O–H groups in total. The maximum Gasteiger partial charge on any atom is 0.0635 e. The van der Waals surface area contributed by atoms with Crippen molar-refractivity contribution in [1.29, 1.82) is 0 Å². The molecule has 0 radical (unpaired) electrons. The Morgan fingerprint density at radius 1 is 1.67 bits per heavy atom. The van der Waals surface area contributed by atoms with E-state index in [0.29, 0.717) is 12.0 Å². The second-order valence-electron chi connectivity index (χ2n) is 2.61. The molecule has 3 heteroatoms. The standard InChI is InChI=1S/C6H14N2O/c1-5-2-3-9-4-6(5)8-7/h5-6,8H,2-4,7H2,1H3. The second-order valence-corrected chi connectivity index (χ2v) is 2.61. The number of hydrogen-bond donors (Lipinski definition) is 2. The summed E-state index contributed by atoms with van der Waals surface area (Å²) < 4.78 is 5.20. The summed E-state index contributed by atoms with van der Waals surface area (Å²) in [7, 11) is 0. The highest BCUT2D eigenvalue weighted by atomic mass is 16.5. The van der Waals surface area contributed by atoms with E-state index in [1.807, 2.05) is 0 Å². The Hall–Kier alpha value is -0.120. The number of nitrogens with two attached hydrogens (primary N) is 1. The SMILES string of the molecule is CC1CCOCC1NN. The molecular formula is C6H14N2O. The van der Waals surface area contributed by atoms with Gasteiger partial charge in [0.2, 0.25) is 0 Å². The molecule has 0 amide bonds. The van der Waals surface area contributed by atoms with Crippen LogP contribution >= 0.6 is 0 Å². The Morgan fingerprint density at radius 2 is 2.44 bits per heavy atom. The van der Waals surface area contributed by atoms with Crippen molar-refractivity contribution in [2.45, 2.75) is 19.4 Å². The fourth-order valence-corrected chi connectivity index (χ4v) is 1.06. The van der Waals surface area contributed by atoms with Crippen LogP contribution < -0.4 is 11.3 Å². The molecule has 2 unspecified atom stereocenters. The molecule has 1 saturated heterocycles. The third-order valence-corrected chi connectivity index (χ3v) is 1.92. The summed E-state index contributed by atoms with van der Waals surface area (Å²) in [6.07, 6.45) is 1.12. The van der Waals surface area contributed by atoms with Crippen molar-refractivity contribution in [2.24, 2.45) is 11.8 Å². The number of hydrazine groups is 1. The molecule has 2 atom stereocenters. The van der Waals surface area contributed by atoms with Gasteiger partial charge < -0.3 is 4.74 Å². The first-order chi connectivity index (χ1) is 4.34. The van der Waals surface area contributed by atoms with Crippen LogP contribution in [0.5, 0.6) is 0 Å². The van der Waals surface area contributed by atoms with E-state index in [1.54, 1.807) is 0 Å². The van der Waals surface area contributed by atoms with Crippen LogP contribution in [0.25, 0.3) is 0 Å². The van der Waals surface area contributed by atoms with Gasteiger partial charge in [0, 0.05) is 12.6 Å². The summed E-state index contributed by atoms with van der Waals surface area (Å²) in [4.78, 5) is 0. The maximum absolute atomic E-state index is 5.26. The summed E-state index contributed by atoms with van der Waals surface area (Å²) in [6, 6.07) is 0.360. The first-order valence-electron chi connectivity index (χ1n) is 3.38. The smallest absolute Gasteiger partial charge is 0.0635 e. The highest BCUT2D eigenvalue weighted by Crippen LogP contribution is 2.12. The van der Waals surface area contributed by atoms with Gasteiger partial charge in [0.05, 0.1) is 6.61 Å². The molecule has 1 fully saturated rings. The van der Waals surface area contributed by atoms with Crippen LogP contribution in [0.15, 0.2) is 0 Å². The largest absolute Gasteiger partial charge is 0.380 e. The Balaban J connectivity index is 2.30. The van der Waals surface area contributed by atoms with E-state index >= 15 is 0 Å². The van der Waals surface area contributed by atoms with Crippen molar-refractivity contribution < 1.29 is 4.74 Å². The topological polar surface area (TPSA) is 47.3 Å². The lowest BCUT2D eigenvalue weighted by atomic mass is 9.98. The summed E-state index contributed by atoms with van der Waals surface area (Å²) in [5.74, 6) is 5.92. The predicted octanol–water partition coefficient (Wildman–Crippen LogP) is -0.125. The molecule has 0 aromatic heterocycles. The Bertz CT molecular complexity index is 87.1. The van der Waals surface area contributed by atoms with Gasteiger partial charge in [0.1, 0.15) is 0 Å². The zero-order chi connectivity index (χ0) is 6.69. The minimum absolute atomic E-state index is 0.360. The Labute approximate surface area is 55.5 Å². The first-order valence-corrected chi connectivity index (χ1v) is 3.38. The fourth-order valence-electron chi connectivity index (χ4n) is 1.06. The van der Waals surface area contributed by atoms with E-state index in [0.717, 1.165) is 19.6 Å². The lowest BCUT2D eigenvalue weighted by molar-refractivity contribution is 0.0417. The van der Waals surface area contributed by atoms with Crippen LogP contribution in [0.1, 0.15) is 13.3 Å². The second kappa shape index (κ2) is 3.15. The van der Waals surface area contributed by atoms with E-state index in [1.165, 1.54) is 0 Å². The van der Waals surface area contributed by atoms with Crippen molar-refractivity contribution in [1.82, 2.24) is 5.43 Å². The van der Waals surface area contributed by atoms with Gasteiger partial charge in [0.15, 0.2) is 0 Å². The van der Waals surface area contributed by atoms with E-state index in [2.05, 4.69) is 12.3 Å². The molecule has 0 spiro atoms. The lowest BCUT2D eigenvalue weighted by Gasteiger charge is -2.27. The van der Waals surface area contributed by atoms with Gasteiger partial charge in [-0.2, -0.15) is 0 Å². The maximum atomic E-state index is 5.26. The van der Waals surface area contributed by atoms with Crippen molar-refractivity contribution in [2.75, 3.05) is 13.2 Å². The third kappa shape index (κ3) is 1.64. The molecule has 0 saturated carbocycles. The van der Waals surface area contributed by atoms with Gasteiger partial charge in [-0.05, 0) is 12.3 Å². The van der Waals surface area contributed by atoms with Crippen LogP contribution in [0, 0.1) is 5.92 Å². The van der Waals surface area contributed by atoms with Gasteiger partial charge in [-0.3, -0.25) is 11.3 Å². The minimum Gasteiger partial charge on any atom is -0.380 e. The number of hydrogen-bond acceptors (Lipinski definition) is 3. The van der Waals surface area contributed by atoms with Crippen molar-refractivity contribution in [3.63, 3.8) is 0 Å². The average molecular weight is 130 g/mol. The van der Waals surface area contributed by atoms with Gasteiger partial charge in [-0.15, -0.1) is 0 Å². The third-order valence-electron chi connectivity index (χ3n) is 1.92. The zero-order valence-corrected chi connectivity index (χ0v) is 5.76. The summed E-state index contributed by atoms with van der Waals surface area (Å²) in [5.41, 5.74) is 2.73. The molecule has 3 nitrogen and oxygen atoms in total. The number of rotatable bonds is 1. The van der Waals surface area contributed by atoms with E-state index in [9.17, 15) is 0 Å². The van der Waals surface area contributed by atoms with Gasteiger partial charge in [-0.1, -0.05) is 6.92 Å². The number of ether oxygens (including phenoxy) is 1. The van der Waals surface area contributed by atoms with E-state index in [-0.39, 0.29) is 0 Å². The van der Waals surface area contributed by atoms with Crippen LogP contribution in [0.3, 0.4) is 0 Å². The fraction of sp³-hybridized carbons (Fsp3) is 1.00. The van der Waals surface area contributed by atoms with Crippen molar-refractivity contribution in [3.05, 3.63) is 0 Å². The Morgan fingerprint density at radius 3 is 2.89 bits per heavy atom. The molecule has 9 heavy (non-hydrogen) atoms.